The predicted molar refractivity (Wildman–Crippen MR) is 83.3 cm³/mol. The van der Waals surface area contributed by atoms with Crippen molar-refractivity contribution >= 4 is 27.0 Å². The molecule has 108 valence electrons. The maximum atomic E-state index is 12.3. The van der Waals surface area contributed by atoms with Crippen molar-refractivity contribution < 1.29 is 8.42 Å². The summed E-state index contributed by atoms with van der Waals surface area (Å²) in [6.07, 6.45) is 0.841. The summed E-state index contributed by atoms with van der Waals surface area (Å²) in [5.74, 6) is 0. The van der Waals surface area contributed by atoms with Crippen LogP contribution in [0, 0.1) is 0 Å². The van der Waals surface area contributed by atoms with Crippen molar-refractivity contribution in [2.24, 2.45) is 0 Å². The van der Waals surface area contributed by atoms with Crippen LogP contribution in [-0.4, -0.2) is 8.42 Å². The lowest BCUT2D eigenvalue weighted by molar-refractivity contribution is 0.569. The van der Waals surface area contributed by atoms with Crippen molar-refractivity contribution in [3.05, 3.63) is 46.8 Å². The van der Waals surface area contributed by atoms with Gasteiger partial charge in [0.2, 0.25) is 0 Å². The Balaban J connectivity index is 2.17. The average molecular weight is 310 g/mol. The van der Waals surface area contributed by atoms with Crippen molar-refractivity contribution in [3.63, 3.8) is 0 Å². The van der Waals surface area contributed by atoms with E-state index in [1.807, 2.05) is 32.0 Å². The highest BCUT2D eigenvalue weighted by Gasteiger charge is 2.20. The summed E-state index contributed by atoms with van der Waals surface area (Å²) in [5.41, 5.74) is 7.17. The lowest BCUT2D eigenvalue weighted by Crippen LogP contribution is -2.26. The van der Waals surface area contributed by atoms with Gasteiger partial charge in [0.25, 0.3) is 10.0 Å². The lowest BCUT2D eigenvalue weighted by Gasteiger charge is -2.14. The molecule has 0 aliphatic heterocycles. The molecule has 0 bridgehead atoms. The minimum absolute atomic E-state index is 0.298. The third-order valence-corrected chi connectivity index (χ3v) is 6.28. The first-order valence-corrected chi connectivity index (χ1v) is 8.69. The average Bonchev–Trinajstić information content (AvgIpc) is 2.88. The molecule has 1 heterocycles. The summed E-state index contributed by atoms with van der Waals surface area (Å²) in [6, 6.07) is 10.4. The van der Waals surface area contributed by atoms with Crippen LogP contribution in [0.1, 0.15) is 30.3 Å². The highest BCUT2D eigenvalue weighted by molar-refractivity contribution is 7.91. The van der Waals surface area contributed by atoms with E-state index in [2.05, 4.69) is 4.72 Å². The molecule has 0 radical (unpaired) electrons. The van der Waals surface area contributed by atoms with Crippen LogP contribution in [-0.2, 0) is 16.4 Å². The summed E-state index contributed by atoms with van der Waals surface area (Å²) >= 11 is 1.31. The number of anilines is 1. The third kappa shape index (κ3) is 3.39. The zero-order valence-corrected chi connectivity index (χ0v) is 13.1. The van der Waals surface area contributed by atoms with Gasteiger partial charge in [-0.2, -0.15) is 0 Å². The van der Waals surface area contributed by atoms with Gasteiger partial charge >= 0.3 is 0 Å². The van der Waals surface area contributed by atoms with Gasteiger partial charge in [0.1, 0.15) is 4.21 Å². The van der Waals surface area contributed by atoms with Gasteiger partial charge in [0.15, 0.2) is 0 Å². The van der Waals surface area contributed by atoms with Gasteiger partial charge in [-0.1, -0.05) is 19.1 Å². The standard InChI is InChI=1S/C14H18N2O2S2/c1-3-13-8-9-14(19-13)20(17,18)16-10(2)11-4-6-12(15)7-5-11/h4-10,16H,3,15H2,1-2H3. The third-order valence-electron chi connectivity index (χ3n) is 3.02. The normalized spacial score (nSPS) is 13.3. The van der Waals surface area contributed by atoms with E-state index in [0.717, 1.165) is 16.9 Å². The minimum atomic E-state index is -3.47. The molecule has 0 spiro atoms. The van der Waals surface area contributed by atoms with Crippen LogP contribution in [0.15, 0.2) is 40.6 Å². The van der Waals surface area contributed by atoms with Crippen molar-refractivity contribution in [3.8, 4) is 0 Å². The monoisotopic (exact) mass is 310 g/mol. The van der Waals surface area contributed by atoms with Gasteiger partial charge < -0.3 is 5.73 Å². The maximum Gasteiger partial charge on any atom is 0.250 e. The van der Waals surface area contributed by atoms with Crippen LogP contribution < -0.4 is 10.5 Å². The first-order valence-electron chi connectivity index (χ1n) is 6.39. The lowest BCUT2D eigenvalue weighted by atomic mass is 10.1. The number of benzene rings is 1. The van der Waals surface area contributed by atoms with E-state index in [1.165, 1.54) is 11.3 Å². The van der Waals surface area contributed by atoms with Crippen molar-refractivity contribution in [1.82, 2.24) is 4.72 Å². The van der Waals surface area contributed by atoms with E-state index in [0.29, 0.717) is 9.90 Å². The Morgan fingerprint density at radius 2 is 1.85 bits per heavy atom. The topological polar surface area (TPSA) is 72.2 Å². The molecule has 0 amide bonds. The summed E-state index contributed by atoms with van der Waals surface area (Å²) < 4.78 is 27.6. The van der Waals surface area contributed by atoms with Crippen LogP contribution in [0.25, 0.3) is 0 Å². The first kappa shape index (κ1) is 15.0. The molecule has 1 aromatic heterocycles. The summed E-state index contributed by atoms with van der Waals surface area (Å²) in [6.45, 7) is 3.82. The second-order valence-corrected chi connectivity index (χ2v) is 7.69. The molecule has 0 saturated carbocycles. The van der Waals surface area contributed by atoms with Gasteiger partial charge in [-0.25, -0.2) is 13.1 Å². The van der Waals surface area contributed by atoms with E-state index in [1.54, 1.807) is 18.2 Å². The Morgan fingerprint density at radius 3 is 2.40 bits per heavy atom. The molecule has 2 rings (SSSR count). The molecule has 0 fully saturated rings. The fourth-order valence-corrected chi connectivity index (χ4v) is 4.38. The van der Waals surface area contributed by atoms with Gasteiger partial charge in [-0.15, -0.1) is 11.3 Å². The van der Waals surface area contributed by atoms with Gasteiger partial charge in [-0.3, -0.25) is 0 Å². The van der Waals surface area contributed by atoms with Crippen LogP contribution in [0.3, 0.4) is 0 Å². The van der Waals surface area contributed by atoms with E-state index >= 15 is 0 Å². The van der Waals surface area contributed by atoms with Gasteiger partial charge in [0.05, 0.1) is 0 Å². The minimum Gasteiger partial charge on any atom is -0.399 e. The zero-order valence-electron chi connectivity index (χ0n) is 11.5. The highest BCUT2D eigenvalue weighted by atomic mass is 32.2. The molecule has 4 nitrogen and oxygen atoms in total. The molecule has 6 heteroatoms. The SMILES string of the molecule is CCc1ccc(S(=O)(=O)NC(C)c2ccc(N)cc2)s1. The van der Waals surface area contributed by atoms with Crippen molar-refractivity contribution in [1.29, 1.82) is 0 Å². The Kier molecular flexibility index (Phi) is 4.47. The number of rotatable bonds is 5. The molecule has 0 aliphatic carbocycles. The fourth-order valence-electron chi connectivity index (χ4n) is 1.84. The molecule has 1 aromatic carbocycles. The van der Waals surface area contributed by atoms with Crippen molar-refractivity contribution in [2.45, 2.75) is 30.5 Å². The first-order chi connectivity index (χ1) is 9.42. The van der Waals surface area contributed by atoms with E-state index in [9.17, 15) is 8.42 Å². The molecular formula is C14H18N2O2S2. The van der Waals surface area contributed by atoms with Crippen LogP contribution in [0.5, 0.6) is 0 Å². The molecule has 1 unspecified atom stereocenters. The van der Waals surface area contributed by atoms with Crippen LogP contribution >= 0.6 is 11.3 Å². The summed E-state index contributed by atoms with van der Waals surface area (Å²) in [5, 5.41) is 0. The quantitative estimate of drug-likeness (QED) is 0.834. The number of hydrogen-bond donors (Lipinski definition) is 2. The number of nitrogen functional groups attached to an aromatic ring is 1. The number of aryl methyl sites for hydroxylation is 1. The molecule has 2 aromatic rings. The Labute approximate surface area is 123 Å². The highest BCUT2D eigenvalue weighted by Crippen LogP contribution is 2.24. The summed E-state index contributed by atoms with van der Waals surface area (Å²) in [7, 11) is -3.47. The zero-order chi connectivity index (χ0) is 14.8. The largest absolute Gasteiger partial charge is 0.399 e. The number of sulfonamides is 1. The molecule has 0 aliphatic rings. The Hall–Kier alpha value is -1.37. The second kappa shape index (κ2) is 5.95. The molecule has 1 atom stereocenters. The van der Waals surface area contributed by atoms with E-state index < -0.39 is 10.0 Å². The molecule has 3 N–H and O–H groups in total. The Bertz CT molecular complexity index is 675. The van der Waals surface area contributed by atoms with Crippen molar-refractivity contribution in [2.75, 3.05) is 5.73 Å². The summed E-state index contributed by atoms with van der Waals surface area (Å²) in [4.78, 5) is 1.06. The smallest absolute Gasteiger partial charge is 0.250 e. The molecule has 0 saturated heterocycles. The van der Waals surface area contributed by atoms with E-state index in [-0.39, 0.29) is 6.04 Å². The Morgan fingerprint density at radius 1 is 1.20 bits per heavy atom. The molecule has 20 heavy (non-hydrogen) atoms. The number of hydrogen-bond acceptors (Lipinski definition) is 4. The second-order valence-electron chi connectivity index (χ2n) is 4.58. The molecular weight excluding hydrogens is 292 g/mol. The van der Waals surface area contributed by atoms with Crippen LogP contribution in [0.4, 0.5) is 5.69 Å². The predicted octanol–water partition coefficient (Wildman–Crippen LogP) is 2.93. The van der Waals surface area contributed by atoms with Gasteiger partial charge in [0, 0.05) is 16.6 Å². The number of nitrogens with two attached hydrogens (primary N) is 1. The fraction of sp³-hybridized carbons (Fsp3) is 0.286. The number of thiophene rings is 1. The maximum absolute atomic E-state index is 12.3. The number of nitrogens with one attached hydrogen (secondary N) is 1. The van der Waals surface area contributed by atoms with E-state index in [4.69, 9.17) is 5.73 Å². The van der Waals surface area contributed by atoms with Gasteiger partial charge in [-0.05, 0) is 43.2 Å². The van der Waals surface area contributed by atoms with Crippen LogP contribution in [0.2, 0.25) is 0 Å².